The summed E-state index contributed by atoms with van der Waals surface area (Å²) in [6, 6.07) is 0. The van der Waals surface area contributed by atoms with E-state index in [0.29, 0.717) is 6.42 Å². The number of carbonyl (C=O) groups excluding carboxylic acids is 1. The summed E-state index contributed by atoms with van der Waals surface area (Å²) in [7, 11) is 0. The lowest BCUT2D eigenvalue weighted by Gasteiger charge is -2.11. The molecule has 11 heavy (non-hydrogen) atoms. The molecule has 1 N–H and O–H groups in total. The van der Waals surface area contributed by atoms with Crippen molar-refractivity contribution in [2.24, 2.45) is 0 Å². The maximum absolute atomic E-state index is 10.5. The topological polar surface area (TPSA) is 55.8 Å². The highest BCUT2D eigenvalue weighted by Gasteiger charge is 2.33. The first kappa shape index (κ1) is 8.49. The zero-order valence-corrected chi connectivity index (χ0v) is 6.61. The highest BCUT2D eigenvalue weighted by Crippen LogP contribution is 2.20. The fourth-order valence-electron chi connectivity index (χ4n) is 1.14. The van der Waals surface area contributed by atoms with E-state index in [1.54, 1.807) is 0 Å². The molecule has 1 heterocycles. The van der Waals surface area contributed by atoms with E-state index in [1.807, 2.05) is 6.92 Å². The monoisotopic (exact) mass is 160 g/mol. The summed E-state index contributed by atoms with van der Waals surface area (Å²) in [5.41, 5.74) is 0. The minimum Gasteiger partial charge on any atom is -0.457 e. The summed E-state index contributed by atoms with van der Waals surface area (Å²) in [5, 5.41) is 9.11. The summed E-state index contributed by atoms with van der Waals surface area (Å²) >= 11 is 0. The van der Waals surface area contributed by atoms with Crippen LogP contribution in [-0.2, 0) is 14.3 Å². The van der Waals surface area contributed by atoms with E-state index in [2.05, 4.69) is 0 Å². The zero-order chi connectivity index (χ0) is 8.43. The van der Waals surface area contributed by atoms with Crippen LogP contribution >= 0.6 is 0 Å². The van der Waals surface area contributed by atoms with Gasteiger partial charge in [-0.3, -0.25) is 4.79 Å². The Morgan fingerprint density at radius 2 is 2.36 bits per heavy atom. The standard InChI is InChI=1S/C7H12O4/c1-4-3-6(7(9)10-4)11-5(2)8/h4,6-7,9H,3H2,1-2H3/t4-,6-,7?/m1/s1. The molecular formula is C7H12O4. The van der Waals surface area contributed by atoms with Crippen molar-refractivity contribution in [3.63, 3.8) is 0 Å². The lowest BCUT2D eigenvalue weighted by atomic mass is 10.2. The molecule has 0 aromatic carbocycles. The van der Waals surface area contributed by atoms with Crippen molar-refractivity contribution >= 4 is 5.97 Å². The molecule has 0 spiro atoms. The van der Waals surface area contributed by atoms with Crippen LogP contribution < -0.4 is 0 Å². The van der Waals surface area contributed by atoms with Crippen LogP contribution in [0.25, 0.3) is 0 Å². The van der Waals surface area contributed by atoms with Gasteiger partial charge in [0.25, 0.3) is 0 Å². The Balaban J connectivity index is 2.40. The summed E-state index contributed by atoms with van der Waals surface area (Å²) in [4.78, 5) is 10.5. The fourth-order valence-corrected chi connectivity index (χ4v) is 1.14. The Morgan fingerprint density at radius 3 is 2.73 bits per heavy atom. The summed E-state index contributed by atoms with van der Waals surface area (Å²) in [6.45, 7) is 3.14. The summed E-state index contributed by atoms with van der Waals surface area (Å²) < 4.78 is 9.73. The van der Waals surface area contributed by atoms with Crippen LogP contribution in [0.2, 0.25) is 0 Å². The van der Waals surface area contributed by atoms with Gasteiger partial charge in [-0.2, -0.15) is 0 Å². The highest BCUT2D eigenvalue weighted by atomic mass is 16.7. The van der Waals surface area contributed by atoms with Crippen molar-refractivity contribution in [3.05, 3.63) is 0 Å². The number of hydrogen-bond donors (Lipinski definition) is 1. The van der Waals surface area contributed by atoms with E-state index < -0.39 is 12.4 Å². The van der Waals surface area contributed by atoms with Gasteiger partial charge in [-0.25, -0.2) is 0 Å². The van der Waals surface area contributed by atoms with Crippen molar-refractivity contribution < 1.29 is 19.4 Å². The average molecular weight is 160 g/mol. The molecule has 0 aromatic heterocycles. The lowest BCUT2D eigenvalue weighted by molar-refractivity contribution is -0.166. The predicted octanol–water partition coefficient (Wildman–Crippen LogP) is 0.0453. The largest absolute Gasteiger partial charge is 0.457 e. The molecule has 4 nitrogen and oxygen atoms in total. The molecule has 0 radical (unpaired) electrons. The third kappa shape index (κ3) is 2.17. The molecule has 1 unspecified atom stereocenters. The van der Waals surface area contributed by atoms with E-state index >= 15 is 0 Å². The number of ether oxygens (including phenoxy) is 2. The molecular weight excluding hydrogens is 148 g/mol. The first-order valence-electron chi connectivity index (χ1n) is 3.60. The van der Waals surface area contributed by atoms with Crippen LogP contribution in [0.5, 0.6) is 0 Å². The van der Waals surface area contributed by atoms with Gasteiger partial charge >= 0.3 is 5.97 Å². The van der Waals surface area contributed by atoms with Crippen LogP contribution in [0.15, 0.2) is 0 Å². The van der Waals surface area contributed by atoms with Gasteiger partial charge in [0.2, 0.25) is 0 Å². The van der Waals surface area contributed by atoms with Crippen molar-refractivity contribution in [2.45, 2.75) is 38.8 Å². The van der Waals surface area contributed by atoms with Crippen molar-refractivity contribution in [2.75, 3.05) is 0 Å². The fraction of sp³-hybridized carbons (Fsp3) is 0.857. The Hall–Kier alpha value is -0.610. The van der Waals surface area contributed by atoms with Crippen molar-refractivity contribution in [1.29, 1.82) is 0 Å². The number of rotatable bonds is 1. The Bertz CT molecular complexity index is 157. The third-order valence-electron chi connectivity index (χ3n) is 1.57. The number of aliphatic hydroxyl groups is 1. The van der Waals surface area contributed by atoms with Crippen LogP contribution in [0.1, 0.15) is 20.3 Å². The summed E-state index contributed by atoms with van der Waals surface area (Å²) in [5.74, 6) is -0.383. The van der Waals surface area contributed by atoms with Gasteiger partial charge in [0, 0.05) is 13.3 Å². The molecule has 1 rings (SSSR count). The predicted molar refractivity (Wildman–Crippen MR) is 36.7 cm³/mol. The van der Waals surface area contributed by atoms with Crippen molar-refractivity contribution in [1.82, 2.24) is 0 Å². The third-order valence-corrected chi connectivity index (χ3v) is 1.57. The van der Waals surface area contributed by atoms with E-state index in [1.165, 1.54) is 6.92 Å². The molecule has 0 amide bonds. The van der Waals surface area contributed by atoms with E-state index in [9.17, 15) is 4.79 Å². The number of carbonyl (C=O) groups is 1. The average Bonchev–Trinajstić information content (AvgIpc) is 2.09. The van der Waals surface area contributed by atoms with Gasteiger partial charge in [-0.05, 0) is 6.92 Å². The zero-order valence-electron chi connectivity index (χ0n) is 6.61. The molecule has 4 heteroatoms. The number of esters is 1. The maximum atomic E-state index is 10.5. The molecule has 1 fully saturated rings. The number of aliphatic hydroxyl groups excluding tert-OH is 1. The molecule has 0 aliphatic carbocycles. The SMILES string of the molecule is CC(=O)O[C@@H]1C[C@@H](C)OC1O. The molecule has 1 aliphatic rings. The Labute approximate surface area is 65.1 Å². The second kappa shape index (κ2) is 3.19. The molecule has 0 saturated carbocycles. The van der Waals surface area contributed by atoms with Crippen LogP contribution in [-0.4, -0.2) is 29.6 Å². The quantitative estimate of drug-likeness (QED) is 0.550. The van der Waals surface area contributed by atoms with E-state index in [4.69, 9.17) is 14.6 Å². The van der Waals surface area contributed by atoms with Gasteiger partial charge in [-0.1, -0.05) is 0 Å². The van der Waals surface area contributed by atoms with Gasteiger partial charge in [0.05, 0.1) is 6.10 Å². The van der Waals surface area contributed by atoms with E-state index in [-0.39, 0.29) is 12.1 Å². The molecule has 0 aromatic rings. The minimum atomic E-state index is -0.950. The highest BCUT2D eigenvalue weighted by molar-refractivity contribution is 5.66. The smallest absolute Gasteiger partial charge is 0.303 e. The maximum Gasteiger partial charge on any atom is 0.303 e. The van der Waals surface area contributed by atoms with Crippen molar-refractivity contribution in [3.8, 4) is 0 Å². The normalized spacial score (nSPS) is 37.2. The van der Waals surface area contributed by atoms with Gasteiger partial charge in [0.1, 0.15) is 0 Å². The molecule has 1 aliphatic heterocycles. The van der Waals surface area contributed by atoms with Gasteiger partial charge in [0.15, 0.2) is 12.4 Å². The van der Waals surface area contributed by atoms with Gasteiger partial charge in [-0.15, -0.1) is 0 Å². The number of hydrogen-bond acceptors (Lipinski definition) is 4. The first-order valence-corrected chi connectivity index (χ1v) is 3.60. The lowest BCUT2D eigenvalue weighted by Crippen LogP contribution is -2.25. The molecule has 1 saturated heterocycles. The van der Waals surface area contributed by atoms with Crippen LogP contribution in [0.4, 0.5) is 0 Å². The molecule has 3 atom stereocenters. The summed E-state index contributed by atoms with van der Waals surface area (Å²) in [6.07, 6.45) is -0.897. The van der Waals surface area contributed by atoms with Crippen LogP contribution in [0, 0.1) is 0 Å². The molecule has 64 valence electrons. The van der Waals surface area contributed by atoms with Crippen LogP contribution in [0.3, 0.4) is 0 Å². The van der Waals surface area contributed by atoms with E-state index in [0.717, 1.165) is 0 Å². The minimum absolute atomic E-state index is 0.0330. The second-order valence-corrected chi connectivity index (χ2v) is 2.72. The Morgan fingerprint density at radius 1 is 1.73 bits per heavy atom. The van der Waals surface area contributed by atoms with Gasteiger partial charge < -0.3 is 14.6 Å². The Kier molecular flexibility index (Phi) is 2.46. The first-order chi connectivity index (χ1) is 5.09. The molecule has 0 bridgehead atoms. The second-order valence-electron chi connectivity index (χ2n) is 2.72.